The molecule has 1 fully saturated rings. The number of halogens is 1. The number of carbonyl (C=O) groups is 1. The lowest BCUT2D eigenvalue weighted by Crippen LogP contribution is -2.50. The van der Waals surface area contributed by atoms with Gasteiger partial charge in [0.2, 0.25) is 6.10 Å². The predicted octanol–water partition coefficient (Wildman–Crippen LogP) is 2.70. The summed E-state index contributed by atoms with van der Waals surface area (Å²) >= 11 is 6.28. The minimum absolute atomic E-state index is 0.0483. The van der Waals surface area contributed by atoms with Gasteiger partial charge in [-0.2, -0.15) is 0 Å². The highest BCUT2D eigenvalue weighted by molar-refractivity contribution is 7.91. The van der Waals surface area contributed by atoms with Gasteiger partial charge in [-0.15, -0.1) is 0 Å². The standard InChI is InChI=1S/C20H20ClNO5S/c21-16-6-2-1-5-14(16)11-22(15-9-10-28(24,25)13-15)20(23)19-12-26-17-7-3-4-8-18(17)27-19/h1-8,15,19H,9-13H2/t15-,19-/m1/s1. The van der Waals surface area contributed by atoms with Crippen LogP contribution in [0.15, 0.2) is 48.5 Å². The van der Waals surface area contributed by atoms with E-state index in [-0.39, 0.29) is 30.6 Å². The normalized spacial score (nSPS) is 22.6. The second-order valence-electron chi connectivity index (χ2n) is 6.98. The van der Waals surface area contributed by atoms with E-state index in [2.05, 4.69) is 0 Å². The molecular weight excluding hydrogens is 402 g/mol. The molecule has 2 aromatic rings. The number of carbonyl (C=O) groups excluding carboxylic acids is 1. The van der Waals surface area contributed by atoms with E-state index in [1.54, 1.807) is 29.2 Å². The number of hydrogen-bond acceptors (Lipinski definition) is 5. The molecule has 4 rings (SSSR count). The van der Waals surface area contributed by atoms with Crippen molar-refractivity contribution >= 4 is 27.3 Å². The highest BCUT2D eigenvalue weighted by Crippen LogP contribution is 2.32. The van der Waals surface area contributed by atoms with Gasteiger partial charge in [0.15, 0.2) is 21.3 Å². The fourth-order valence-corrected chi connectivity index (χ4v) is 5.47. The van der Waals surface area contributed by atoms with Gasteiger partial charge in [-0.25, -0.2) is 8.42 Å². The first-order valence-electron chi connectivity index (χ1n) is 9.06. The number of hydrogen-bond donors (Lipinski definition) is 0. The van der Waals surface area contributed by atoms with Crippen LogP contribution in [0.3, 0.4) is 0 Å². The summed E-state index contributed by atoms with van der Waals surface area (Å²) in [7, 11) is -3.15. The van der Waals surface area contributed by atoms with E-state index in [4.69, 9.17) is 21.1 Å². The van der Waals surface area contributed by atoms with Gasteiger partial charge in [0.1, 0.15) is 6.61 Å². The fourth-order valence-electron chi connectivity index (χ4n) is 3.54. The molecular formula is C20H20ClNO5S. The number of nitrogens with zero attached hydrogens (tertiary/aromatic N) is 1. The van der Waals surface area contributed by atoms with E-state index in [0.717, 1.165) is 5.56 Å². The van der Waals surface area contributed by atoms with Crippen LogP contribution in [0.1, 0.15) is 12.0 Å². The second-order valence-corrected chi connectivity index (χ2v) is 9.61. The van der Waals surface area contributed by atoms with Crippen molar-refractivity contribution in [1.82, 2.24) is 4.90 Å². The molecule has 0 saturated carbocycles. The molecule has 0 aliphatic carbocycles. The van der Waals surface area contributed by atoms with Crippen molar-refractivity contribution in [3.63, 3.8) is 0 Å². The van der Waals surface area contributed by atoms with E-state index < -0.39 is 22.0 Å². The maximum atomic E-state index is 13.3. The minimum atomic E-state index is -3.15. The zero-order valence-corrected chi connectivity index (χ0v) is 16.7. The number of para-hydroxylation sites is 2. The summed E-state index contributed by atoms with van der Waals surface area (Å²) in [6.45, 7) is 0.300. The predicted molar refractivity (Wildman–Crippen MR) is 105 cm³/mol. The average Bonchev–Trinajstić information content (AvgIpc) is 3.06. The number of amides is 1. The van der Waals surface area contributed by atoms with Crippen LogP contribution in [0.25, 0.3) is 0 Å². The van der Waals surface area contributed by atoms with Gasteiger partial charge in [-0.1, -0.05) is 41.9 Å². The Balaban J connectivity index is 1.60. The molecule has 2 atom stereocenters. The van der Waals surface area contributed by atoms with Crippen molar-refractivity contribution in [2.45, 2.75) is 25.1 Å². The molecule has 0 N–H and O–H groups in total. The number of ether oxygens (including phenoxy) is 2. The topological polar surface area (TPSA) is 72.9 Å². The van der Waals surface area contributed by atoms with Gasteiger partial charge >= 0.3 is 0 Å². The second kappa shape index (κ2) is 7.64. The molecule has 1 amide bonds. The molecule has 6 nitrogen and oxygen atoms in total. The van der Waals surface area contributed by atoms with Crippen LogP contribution in [-0.4, -0.2) is 49.5 Å². The van der Waals surface area contributed by atoms with Crippen LogP contribution in [0.2, 0.25) is 5.02 Å². The van der Waals surface area contributed by atoms with E-state index in [9.17, 15) is 13.2 Å². The van der Waals surface area contributed by atoms with Gasteiger partial charge in [0.25, 0.3) is 5.91 Å². The highest BCUT2D eigenvalue weighted by Gasteiger charge is 2.39. The number of fused-ring (bicyclic) bond motifs is 1. The SMILES string of the molecule is O=C([C@H]1COc2ccccc2O1)N(Cc1ccccc1Cl)[C@@H]1CCS(=O)(=O)C1. The van der Waals surface area contributed by atoms with E-state index in [0.29, 0.717) is 22.9 Å². The third-order valence-electron chi connectivity index (χ3n) is 5.01. The first-order valence-corrected chi connectivity index (χ1v) is 11.3. The summed E-state index contributed by atoms with van der Waals surface area (Å²) in [5, 5.41) is 0.535. The summed E-state index contributed by atoms with van der Waals surface area (Å²) in [5.41, 5.74) is 0.763. The van der Waals surface area contributed by atoms with Crippen molar-refractivity contribution < 1.29 is 22.7 Å². The molecule has 8 heteroatoms. The largest absolute Gasteiger partial charge is 0.485 e. The first-order chi connectivity index (χ1) is 13.4. The van der Waals surface area contributed by atoms with Crippen LogP contribution < -0.4 is 9.47 Å². The quantitative estimate of drug-likeness (QED) is 0.758. The molecule has 28 heavy (non-hydrogen) atoms. The van der Waals surface area contributed by atoms with Gasteiger partial charge in [0.05, 0.1) is 11.5 Å². The Morgan fingerprint density at radius 2 is 1.82 bits per heavy atom. The lowest BCUT2D eigenvalue weighted by Gasteiger charge is -2.34. The monoisotopic (exact) mass is 421 g/mol. The van der Waals surface area contributed by atoms with Gasteiger partial charge in [-0.3, -0.25) is 4.79 Å². The molecule has 1 saturated heterocycles. The molecule has 0 aromatic heterocycles. The molecule has 2 aliphatic rings. The molecule has 2 aromatic carbocycles. The number of rotatable bonds is 4. The molecule has 0 bridgehead atoms. The average molecular weight is 422 g/mol. The Morgan fingerprint density at radius 3 is 2.54 bits per heavy atom. The third-order valence-corrected chi connectivity index (χ3v) is 7.13. The van der Waals surface area contributed by atoms with Crippen LogP contribution in [0.4, 0.5) is 0 Å². The fraction of sp³-hybridized carbons (Fsp3) is 0.350. The summed E-state index contributed by atoms with van der Waals surface area (Å²) in [4.78, 5) is 14.9. The minimum Gasteiger partial charge on any atom is -0.485 e. The maximum absolute atomic E-state index is 13.3. The van der Waals surface area contributed by atoms with Crippen LogP contribution in [0.5, 0.6) is 11.5 Å². The number of benzene rings is 2. The third kappa shape index (κ3) is 3.95. The van der Waals surface area contributed by atoms with Gasteiger partial charge in [0, 0.05) is 17.6 Å². The number of sulfone groups is 1. The van der Waals surface area contributed by atoms with Gasteiger partial charge < -0.3 is 14.4 Å². The molecule has 2 heterocycles. The van der Waals surface area contributed by atoms with Crippen molar-refractivity contribution in [3.05, 3.63) is 59.1 Å². The zero-order chi connectivity index (χ0) is 19.7. The lowest BCUT2D eigenvalue weighted by molar-refractivity contribution is -0.143. The Kier molecular flexibility index (Phi) is 5.21. The summed E-state index contributed by atoms with van der Waals surface area (Å²) in [6, 6.07) is 14.0. The Hall–Kier alpha value is -2.25. The van der Waals surface area contributed by atoms with Crippen molar-refractivity contribution in [2.75, 3.05) is 18.1 Å². The zero-order valence-electron chi connectivity index (χ0n) is 15.1. The molecule has 0 spiro atoms. The maximum Gasteiger partial charge on any atom is 0.267 e. The van der Waals surface area contributed by atoms with E-state index in [1.807, 2.05) is 24.3 Å². The molecule has 0 unspecified atom stereocenters. The van der Waals surface area contributed by atoms with E-state index >= 15 is 0 Å². The Bertz CT molecular complexity index is 994. The Morgan fingerprint density at radius 1 is 1.11 bits per heavy atom. The smallest absolute Gasteiger partial charge is 0.267 e. The van der Waals surface area contributed by atoms with Crippen LogP contribution in [-0.2, 0) is 21.2 Å². The van der Waals surface area contributed by atoms with Crippen LogP contribution >= 0.6 is 11.6 Å². The Labute approximate surface area is 168 Å². The lowest BCUT2D eigenvalue weighted by atomic mass is 10.1. The molecule has 148 valence electrons. The summed E-state index contributed by atoms with van der Waals surface area (Å²) in [5.74, 6) is 0.829. The summed E-state index contributed by atoms with van der Waals surface area (Å²) < 4.78 is 35.5. The summed E-state index contributed by atoms with van der Waals surface area (Å²) in [6.07, 6.45) is -0.427. The highest BCUT2D eigenvalue weighted by atomic mass is 35.5. The van der Waals surface area contributed by atoms with Crippen molar-refractivity contribution in [1.29, 1.82) is 0 Å². The first kappa shape index (κ1) is 19.1. The van der Waals surface area contributed by atoms with E-state index in [1.165, 1.54) is 0 Å². The van der Waals surface area contributed by atoms with Crippen LogP contribution in [0, 0.1) is 0 Å². The molecule has 0 radical (unpaired) electrons. The molecule has 2 aliphatic heterocycles. The van der Waals surface area contributed by atoms with Crippen molar-refractivity contribution in [2.24, 2.45) is 0 Å². The van der Waals surface area contributed by atoms with Crippen molar-refractivity contribution in [3.8, 4) is 11.5 Å². The van der Waals surface area contributed by atoms with Gasteiger partial charge in [-0.05, 0) is 30.2 Å².